The fraction of sp³-hybridized carbons (Fsp3) is 0.440. The predicted molar refractivity (Wildman–Crippen MR) is 122 cm³/mol. The first kappa shape index (κ1) is 22.8. The van der Waals surface area contributed by atoms with Crippen LogP contribution in [0.3, 0.4) is 0 Å². The first-order valence-electron chi connectivity index (χ1n) is 11.0. The molecule has 0 bridgehead atoms. The van der Waals surface area contributed by atoms with Crippen LogP contribution in [0.5, 0.6) is 5.75 Å². The van der Waals surface area contributed by atoms with Crippen LogP contribution in [0.4, 0.5) is 0 Å². The number of methoxy groups -OCH3 is 1. The molecular formula is C25H33N3O3. The van der Waals surface area contributed by atoms with Gasteiger partial charge in [-0.05, 0) is 55.1 Å². The Morgan fingerprint density at radius 1 is 1.06 bits per heavy atom. The number of rotatable bonds is 9. The van der Waals surface area contributed by atoms with Gasteiger partial charge in [-0.15, -0.1) is 0 Å². The largest absolute Gasteiger partial charge is 0.497 e. The molecule has 0 aliphatic carbocycles. The van der Waals surface area contributed by atoms with E-state index in [-0.39, 0.29) is 24.3 Å². The maximum atomic E-state index is 12.5. The lowest BCUT2D eigenvalue weighted by Gasteiger charge is -2.32. The van der Waals surface area contributed by atoms with Crippen LogP contribution in [-0.2, 0) is 16.1 Å². The molecule has 0 saturated carbocycles. The van der Waals surface area contributed by atoms with E-state index in [9.17, 15) is 9.59 Å². The van der Waals surface area contributed by atoms with Gasteiger partial charge >= 0.3 is 0 Å². The zero-order valence-electron chi connectivity index (χ0n) is 18.5. The molecule has 0 spiro atoms. The third-order valence-corrected chi connectivity index (χ3v) is 5.83. The van der Waals surface area contributed by atoms with Gasteiger partial charge in [0.05, 0.1) is 19.6 Å². The Bertz CT molecular complexity index is 831. The lowest BCUT2D eigenvalue weighted by molar-refractivity contribution is -0.123. The third-order valence-electron chi connectivity index (χ3n) is 5.83. The van der Waals surface area contributed by atoms with E-state index in [0.717, 1.165) is 43.8 Å². The second-order valence-corrected chi connectivity index (χ2v) is 8.24. The number of hydrogen-bond donors (Lipinski definition) is 2. The molecule has 1 heterocycles. The van der Waals surface area contributed by atoms with Gasteiger partial charge in [-0.3, -0.25) is 14.5 Å². The van der Waals surface area contributed by atoms with Gasteiger partial charge in [0.1, 0.15) is 5.75 Å². The summed E-state index contributed by atoms with van der Waals surface area (Å²) in [4.78, 5) is 26.5. The SMILES string of the molecule is COc1ccc(CN2CCC(CNC(=O)CC(NC(C)=O)c3ccccc3)CC2)cc1. The monoisotopic (exact) mass is 423 g/mol. The van der Waals surface area contributed by atoms with Crippen molar-refractivity contribution in [2.75, 3.05) is 26.7 Å². The Balaban J connectivity index is 1.41. The second kappa shape index (κ2) is 11.5. The van der Waals surface area contributed by atoms with Crippen LogP contribution < -0.4 is 15.4 Å². The third kappa shape index (κ3) is 7.40. The fourth-order valence-corrected chi connectivity index (χ4v) is 4.04. The molecule has 6 heteroatoms. The van der Waals surface area contributed by atoms with Crippen molar-refractivity contribution in [2.45, 2.75) is 38.8 Å². The summed E-state index contributed by atoms with van der Waals surface area (Å²) in [5, 5.41) is 5.97. The van der Waals surface area contributed by atoms with Crippen molar-refractivity contribution in [1.29, 1.82) is 0 Å². The minimum atomic E-state index is -0.301. The van der Waals surface area contributed by atoms with E-state index in [1.807, 2.05) is 42.5 Å². The standard InChI is InChI=1S/C25H33N3O3/c1-19(29)27-24(22-6-4-3-5-7-22)16-25(30)26-17-20-12-14-28(15-13-20)18-21-8-10-23(31-2)11-9-21/h3-11,20,24H,12-18H2,1-2H3,(H,26,30)(H,27,29). The Hall–Kier alpha value is -2.86. The minimum absolute atomic E-state index is 0.0248. The highest BCUT2D eigenvalue weighted by Gasteiger charge is 2.21. The molecule has 31 heavy (non-hydrogen) atoms. The van der Waals surface area contributed by atoms with Crippen LogP contribution in [0.1, 0.15) is 43.4 Å². The van der Waals surface area contributed by atoms with E-state index >= 15 is 0 Å². The molecule has 1 unspecified atom stereocenters. The highest BCUT2D eigenvalue weighted by atomic mass is 16.5. The minimum Gasteiger partial charge on any atom is -0.497 e. The molecule has 0 aromatic heterocycles. The van der Waals surface area contributed by atoms with Gasteiger partial charge in [0.15, 0.2) is 0 Å². The van der Waals surface area contributed by atoms with Crippen molar-refractivity contribution in [3.05, 3.63) is 65.7 Å². The Morgan fingerprint density at radius 2 is 1.74 bits per heavy atom. The van der Waals surface area contributed by atoms with Crippen molar-refractivity contribution in [2.24, 2.45) is 5.92 Å². The topological polar surface area (TPSA) is 70.7 Å². The van der Waals surface area contributed by atoms with Gasteiger partial charge in [0, 0.05) is 20.0 Å². The number of likely N-dealkylation sites (tertiary alicyclic amines) is 1. The van der Waals surface area contributed by atoms with Gasteiger partial charge in [0.25, 0.3) is 0 Å². The van der Waals surface area contributed by atoms with Gasteiger partial charge in [-0.25, -0.2) is 0 Å². The van der Waals surface area contributed by atoms with Crippen molar-refractivity contribution >= 4 is 11.8 Å². The average molecular weight is 424 g/mol. The van der Waals surface area contributed by atoms with E-state index in [4.69, 9.17) is 4.74 Å². The highest BCUT2D eigenvalue weighted by molar-refractivity contribution is 5.79. The van der Waals surface area contributed by atoms with Gasteiger partial charge in [-0.2, -0.15) is 0 Å². The zero-order chi connectivity index (χ0) is 22.1. The summed E-state index contributed by atoms with van der Waals surface area (Å²) < 4.78 is 5.22. The highest BCUT2D eigenvalue weighted by Crippen LogP contribution is 2.20. The van der Waals surface area contributed by atoms with Crippen LogP contribution in [0, 0.1) is 5.92 Å². The van der Waals surface area contributed by atoms with Crippen molar-refractivity contribution in [1.82, 2.24) is 15.5 Å². The maximum Gasteiger partial charge on any atom is 0.222 e. The van der Waals surface area contributed by atoms with Crippen LogP contribution in [0.15, 0.2) is 54.6 Å². The summed E-state index contributed by atoms with van der Waals surface area (Å²) in [5.41, 5.74) is 2.23. The molecule has 2 aromatic carbocycles. The van der Waals surface area contributed by atoms with E-state index in [0.29, 0.717) is 12.5 Å². The summed E-state index contributed by atoms with van der Waals surface area (Å²) in [5.74, 6) is 1.22. The van der Waals surface area contributed by atoms with E-state index < -0.39 is 0 Å². The number of nitrogens with one attached hydrogen (secondary N) is 2. The van der Waals surface area contributed by atoms with Crippen LogP contribution in [0.25, 0.3) is 0 Å². The number of carbonyl (C=O) groups is 2. The van der Waals surface area contributed by atoms with Crippen molar-refractivity contribution < 1.29 is 14.3 Å². The molecule has 166 valence electrons. The second-order valence-electron chi connectivity index (χ2n) is 8.24. The van der Waals surface area contributed by atoms with Crippen molar-refractivity contribution in [3.8, 4) is 5.75 Å². The lowest BCUT2D eigenvalue weighted by atomic mass is 9.96. The number of piperidine rings is 1. The number of carbonyl (C=O) groups excluding carboxylic acids is 2. The molecule has 3 rings (SSSR count). The molecule has 1 aliphatic rings. The zero-order valence-corrected chi connectivity index (χ0v) is 18.5. The smallest absolute Gasteiger partial charge is 0.222 e. The number of hydrogen-bond acceptors (Lipinski definition) is 4. The first-order chi connectivity index (χ1) is 15.0. The van der Waals surface area contributed by atoms with E-state index in [1.54, 1.807) is 7.11 Å². The van der Waals surface area contributed by atoms with Crippen LogP contribution >= 0.6 is 0 Å². The Morgan fingerprint density at radius 3 is 2.35 bits per heavy atom. The van der Waals surface area contributed by atoms with Crippen LogP contribution in [-0.4, -0.2) is 43.5 Å². The maximum absolute atomic E-state index is 12.5. The molecular weight excluding hydrogens is 390 g/mol. The lowest BCUT2D eigenvalue weighted by Crippen LogP contribution is -2.39. The normalized spacial score (nSPS) is 15.8. The number of nitrogens with zero attached hydrogens (tertiary/aromatic N) is 1. The first-order valence-corrected chi connectivity index (χ1v) is 11.0. The molecule has 1 saturated heterocycles. The molecule has 1 atom stereocenters. The molecule has 2 N–H and O–H groups in total. The molecule has 1 fully saturated rings. The van der Waals surface area contributed by atoms with E-state index in [1.165, 1.54) is 12.5 Å². The fourth-order valence-electron chi connectivity index (χ4n) is 4.04. The summed E-state index contributed by atoms with van der Waals surface area (Å²) in [6.07, 6.45) is 2.40. The van der Waals surface area contributed by atoms with Gasteiger partial charge in [0.2, 0.25) is 11.8 Å². The quantitative estimate of drug-likeness (QED) is 0.649. The van der Waals surface area contributed by atoms with Crippen molar-refractivity contribution in [3.63, 3.8) is 0 Å². The molecule has 2 amide bonds. The Kier molecular flexibility index (Phi) is 8.47. The summed E-state index contributed by atoms with van der Waals surface area (Å²) in [6, 6.07) is 17.6. The Labute approximate surface area is 185 Å². The molecule has 1 aliphatic heterocycles. The summed E-state index contributed by atoms with van der Waals surface area (Å²) in [6.45, 7) is 5.18. The number of ether oxygens (including phenoxy) is 1. The van der Waals surface area contributed by atoms with Gasteiger partial charge < -0.3 is 15.4 Å². The molecule has 2 aromatic rings. The average Bonchev–Trinajstić information content (AvgIpc) is 2.79. The van der Waals surface area contributed by atoms with Crippen LogP contribution in [0.2, 0.25) is 0 Å². The molecule has 6 nitrogen and oxygen atoms in total. The predicted octanol–water partition coefficient (Wildman–Crippen LogP) is 3.29. The van der Waals surface area contributed by atoms with E-state index in [2.05, 4.69) is 27.7 Å². The number of benzene rings is 2. The summed E-state index contributed by atoms with van der Waals surface area (Å²) >= 11 is 0. The van der Waals surface area contributed by atoms with Gasteiger partial charge in [-0.1, -0.05) is 42.5 Å². The molecule has 0 radical (unpaired) electrons. The summed E-state index contributed by atoms with van der Waals surface area (Å²) in [7, 11) is 1.68. The number of amides is 2.